The number of sulfonamides is 1. The zero-order valence-corrected chi connectivity index (χ0v) is 17.7. The third kappa shape index (κ3) is 4.96. The Morgan fingerprint density at radius 1 is 1.28 bits per heavy atom. The van der Waals surface area contributed by atoms with Gasteiger partial charge in [0.05, 0.1) is 27.4 Å². The first-order valence-electron chi connectivity index (χ1n) is 9.34. The van der Waals surface area contributed by atoms with Crippen molar-refractivity contribution in [2.45, 2.75) is 29.7 Å². The van der Waals surface area contributed by atoms with E-state index >= 15 is 0 Å². The van der Waals surface area contributed by atoms with Gasteiger partial charge in [0.1, 0.15) is 6.07 Å². The number of anilines is 1. The number of carbonyl (C=O) groups is 1. The number of nitrogens with one attached hydrogen (secondary N) is 1. The van der Waals surface area contributed by atoms with E-state index in [0.29, 0.717) is 18.5 Å². The van der Waals surface area contributed by atoms with Crippen LogP contribution in [0.2, 0.25) is 0 Å². The summed E-state index contributed by atoms with van der Waals surface area (Å²) in [6, 6.07) is 11.8. The SMILES string of the molecule is CCSc1ccc(NC(=O)C2CCN(S(=O)(=O)c3ccccc3C#N)CC2)cn1. The lowest BCUT2D eigenvalue weighted by Gasteiger charge is -2.30. The first-order valence-corrected chi connectivity index (χ1v) is 11.8. The minimum Gasteiger partial charge on any atom is -0.324 e. The van der Waals surface area contributed by atoms with Gasteiger partial charge in [0.15, 0.2) is 0 Å². The Labute approximate surface area is 175 Å². The van der Waals surface area contributed by atoms with Crippen molar-refractivity contribution in [2.75, 3.05) is 24.2 Å². The van der Waals surface area contributed by atoms with Crippen LogP contribution in [0.4, 0.5) is 5.69 Å². The number of nitrogens with zero attached hydrogens (tertiary/aromatic N) is 3. The molecule has 2 heterocycles. The Morgan fingerprint density at radius 3 is 2.62 bits per heavy atom. The summed E-state index contributed by atoms with van der Waals surface area (Å²) in [6.45, 7) is 2.53. The Morgan fingerprint density at radius 2 is 2.00 bits per heavy atom. The summed E-state index contributed by atoms with van der Waals surface area (Å²) in [4.78, 5) is 16.9. The first-order chi connectivity index (χ1) is 14.0. The maximum atomic E-state index is 12.9. The third-order valence-corrected chi connectivity index (χ3v) is 7.53. The van der Waals surface area contributed by atoms with E-state index in [1.807, 2.05) is 25.1 Å². The van der Waals surface area contributed by atoms with Gasteiger partial charge in [0, 0.05) is 19.0 Å². The molecule has 29 heavy (non-hydrogen) atoms. The number of thioether (sulfide) groups is 1. The molecule has 0 radical (unpaired) electrons. The highest BCUT2D eigenvalue weighted by molar-refractivity contribution is 7.99. The maximum absolute atomic E-state index is 12.9. The molecule has 1 N–H and O–H groups in total. The summed E-state index contributed by atoms with van der Waals surface area (Å²) < 4.78 is 27.1. The van der Waals surface area contributed by atoms with E-state index in [4.69, 9.17) is 0 Å². The molecule has 0 saturated carbocycles. The fourth-order valence-corrected chi connectivity index (χ4v) is 5.41. The number of rotatable bonds is 6. The molecule has 7 nitrogen and oxygen atoms in total. The molecule has 1 aliphatic heterocycles. The highest BCUT2D eigenvalue weighted by Crippen LogP contribution is 2.26. The van der Waals surface area contributed by atoms with Gasteiger partial charge in [-0.05, 0) is 42.9 Å². The molecular weight excluding hydrogens is 408 g/mol. The molecule has 1 aromatic heterocycles. The fraction of sp³-hybridized carbons (Fsp3) is 0.350. The summed E-state index contributed by atoms with van der Waals surface area (Å²) >= 11 is 1.63. The van der Waals surface area contributed by atoms with Crippen LogP contribution in [0.5, 0.6) is 0 Å². The summed E-state index contributed by atoms with van der Waals surface area (Å²) in [7, 11) is -3.76. The molecule has 3 rings (SSSR count). The monoisotopic (exact) mass is 430 g/mol. The third-order valence-electron chi connectivity index (χ3n) is 4.75. The zero-order valence-electron chi connectivity index (χ0n) is 16.0. The van der Waals surface area contributed by atoms with Gasteiger partial charge in [-0.15, -0.1) is 11.8 Å². The van der Waals surface area contributed by atoms with Crippen LogP contribution in [0.3, 0.4) is 0 Å². The number of amides is 1. The Bertz CT molecular complexity index is 1010. The van der Waals surface area contributed by atoms with Gasteiger partial charge in [-0.25, -0.2) is 13.4 Å². The van der Waals surface area contributed by atoms with E-state index in [-0.39, 0.29) is 35.4 Å². The lowest BCUT2D eigenvalue weighted by molar-refractivity contribution is -0.120. The van der Waals surface area contributed by atoms with E-state index in [1.165, 1.54) is 16.4 Å². The van der Waals surface area contributed by atoms with Gasteiger partial charge in [0.25, 0.3) is 0 Å². The van der Waals surface area contributed by atoms with Crippen molar-refractivity contribution in [3.05, 3.63) is 48.2 Å². The molecule has 0 atom stereocenters. The van der Waals surface area contributed by atoms with Gasteiger partial charge in [0.2, 0.25) is 15.9 Å². The van der Waals surface area contributed by atoms with Gasteiger partial charge >= 0.3 is 0 Å². The zero-order chi connectivity index (χ0) is 20.9. The second kappa shape index (κ2) is 9.39. The smallest absolute Gasteiger partial charge is 0.244 e. The van der Waals surface area contributed by atoms with Crippen molar-refractivity contribution in [3.63, 3.8) is 0 Å². The number of pyridine rings is 1. The molecule has 0 aliphatic carbocycles. The number of benzene rings is 1. The molecule has 152 valence electrons. The number of nitriles is 1. The van der Waals surface area contributed by atoms with E-state index in [9.17, 15) is 18.5 Å². The molecule has 1 saturated heterocycles. The Kier molecular flexibility index (Phi) is 6.90. The minimum absolute atomic E-state index is 0.0153. The summed E-state index contributed by atoms with van der Waals surface area (Å²) in [5.41, 5.74) is 0.762. The average Bonchev–Trinajstić information content (AvgIpc) is 2.75. The number of hydrogen-bond donors (Lipinski definition) is 1. The maximum Gasteiger partial charge on any atom is 0.244 e. The van der Waals surface area contributed by atoms with Crippen LogP contribution in [0, 0.1) is 17.2 Å². The Balaban J connectivity index is 1.61. The molecule has 0 bridgehead atoms. The van der Waals surface area contributed by atoms with E-state index in [0.717, 1.165) is 10.8 Å². The average molecular weight is 431 g/mol. The van der Waals surface area contributed by atoms with E-state index < -0.39 is 10.0 Å². The molecule has 1 amide bonds. The van der Waals surface area contributed by atoms with Crippen molar-refractivity contribution >= 4 is 33.4 Å². The van der Waals surface area contributed by atoms with Gasteiger partial charge in [-0.3, -0.25) is 4.79 Å². The summed E-state index contributed by atoms with van der Waals surface area (Å²) in [5, 5.41) is 13.0. The summed E-state index contributed by atoms with van der Waals surface area (Å²) in [6.07, 6.45) is 2.49. The standard InChI is InChI=1S/C20H22N4O3S2/c1-2-28-19-8-7-17(14-22-19)23-20(25)15-9-11-24(12-10-15)29(26,27)18-6-4-3-5-16(18)13-21/h3-8,14-15H,2,9-12H2,1H3,(H,23,25). The van der Waals surface area contributed by atoms with Gasteiger partial charge in [-0.1, -0.05) is 19.1 Å². The van der Waals surface area contributed by atoms with Crippen LogP contribution in [0.1, 0.15) is 25.3 Å². The topological polar surface area (TPSA) is 103 Å². The van der Waals surface area contributed by atoms with Crippen molar-refractivity contribution in [1.29, 1.82) is 5.26 Å². The molecule has 1 aromatic carbocycles. The quantitative estimate of drug-likeness (QED) is 0.707. The minimum atomic E-state index is -3.76. The normalized spacial score (nSPS) is 15.6. The van der Waals surface area contributed by atoms with Crippen molar-refractivity contribution in [3.8, 4) is 6.07 Å². The Hall–Kier alpha value is -2.41. The fourth-order valence-electron chi connectivity index (χ4n) is 3.21. The van der Waals surface area contributed by atoms with Crippen LogP contribution in [-0.4, -0.2) is 42.5 Å². The second-order valence-corrected chi connectivity index (χ2v) is 9.78. The van der Waals surface area contributed by atoms with E-state index in [1.54, 1.807) is 30.1 Å². The van der Waals surface area contributed by atoms with Gasteiger partial charge in [-0.2, -0.15) is 9.57 Å². The highest BCUT2D eigenvalue weighted by atomic mass is 32.2. The van der Waals surface area contributed by atoms with Gasteiger partial charge < -0.3 is 5.32 Å². The second-order valence-electron chi connectivity index (χ2n) is 6.59. The van der Waals surface area contributed by atoms with Crippen LogP contribution in [0.15, 0.2) is 52.5 Å². The number of aromatic nitrogens is 1. The van der Waals surface area contributed by atoms with Crippen LogP contribution < -0.4 is 5.32 Å². The molecule has 1 fully saturated rings. The number of carbonyl (C=O) groups excluding carboxylic acids is 1. The predicted molar refractivity (Wildman–Crippen MR) is 112 cm³/mol. The summed E-state index contributed by atoms with van der Waals surface area (Å²) in [5.74, 6) is 0.536. The van der Waals surface area contributed by atoms with Crippen molar-refractivity contribution < 1.29 is 13.2 Å². The first kappa shape index (κ1) is 21.3. The van der Waals surface area contributed by atoms with Crippen LogP contribution >= 0.6 is 11.8 Å². The van der Waals surface area contributed by atoms with Crippen LogP contribution in [0.25, 0.3) is 0 Å². The van der Waals surface area contributed by atoms with E-state index in [2.05, 4.69) is 10.3 Å². The molecule has 9 heteroatoms. The predicted octanol–water partition coefficient (Wildman–Crippen LogP) is 3.10. The lowest BCUT2D eigenvalue weighted by atomic mass is 9.97. The molecule has 0 unspecified atom stereocenters. The largest absolute Gasteiger partial charge is 0.324 e. The van der Waals surface area contributed by atoms with Crippen molar-refractivity contribution in [2.24, 2.45) is 5.92 Å². The molecule has 2 aromatic rings. The van der Waals surface area contributed by atoms with Crippen LogP contribution in [-0.2, 0) is 14.8 Å². The molecular formula is C20H22N4O3S2. The number of hydrogen-bond acceptors (Lipinski definition) is 6. The van der Waals surface area contributed by atoms with Crippen molar-refractivity contribution in [1.82, 2.24) is 9.29 Å². The molecule has 1 aliphatic rings. The number of piperidine rings is 1. The lowest BCUT2D eigenvalue weighted by Crippen LogP contribution is -2.41. The highest BCUT2D eigenvalue weighted by Gasteiger charge is 2.33. The molecule has 0 spiro atoms.